The highest BCUT2D eigenvalue weighted by Crippen LogP contribution is 2.23. The number of nitrogens with one attached hydrogen (secondary N) is 1. The van der Waals surface area contributed by atoms with Gasteiger partial charge >= 0.3 is 0 Å². The molecule has 1 aliphatic carbocycles. The second-order valence-corrected chi connectivity index (χ2v) is 9.13. The van der Waals surface area contributed by atoms with Gasteiger partial charge in [-0.25, -0.2) is 0 Å². The molecule has 0 atom stereocenters. The van der Waals surface area contributed by atoms with Crippen LogP contribution in [-0.2, 0) is 17.6 Å². The predicted octanol–water partition coefficient (Wildman–Crippen LogP) is 3.78. The number of piperazine rings is 1. The number of benzene rings is 2. The first-order chi connectivity index (χ1) is 15.6. The zero-order valence-corrected chi connectivity index (χ0v) is 19.2. The Kier molecular flexibility index (Phi) is 7.59. The van der Waals surface area contributed by atoms with Crippen LogP contribution in [-0.4, -0.2) is 55.9 Å². The molecule has 170 valence electrons. The van der Waals surface area contributed by atoms with Crippen molar-refractivity contribution in [2.24, 2.45) is 0 Å². The number of carbonyl (C=O) groups excluding carboxylic acids is 2. The summed E-state index contributed by atoms with van der Waals surface area (Å²) in [7, 11) is 0. The lowest BCUT2D eigenvalue weighted by atomic mass is 10.0. The molecular weight excluding hydrogens is 398 g/mol. The lowest BCUT2D eigenvalue weighted by molar-refractivity contribution is -0.121. The van der Waals surface area contributed by atoms with Gasteiger partial charge in [0.1, 0.15) is 0 Å². The molecule has 0 bridgehead atoms. The molecule has 1 saturated heterocycles. The van der Waals surface area contributed by atoms with Gasteiger partial charge in [0, 0.05) is 56.8 Å². The van der Waals surface area contributed by atoms with Gasteiger partial charge < -0.3 is 10.2 Å². The highest BCUT2D eigenvalue weighted by Gasteiger charge is 2.17. The third-order valence-electron chi connectivity index (χ3n) is 6.71. The van der Waals surface area contributed by atoms with E-state index in [0.29, 0.717) is 6.54 Å². The average molecular weight is 434 g/mol. The number of anilines is 1. The number of rotatable bonds is 9. The molecule has 0 saturated carbocycles. The fraction of sp³-hybridized carbons (Fsp3) is 0.481. The summed E-state index contributed by atoms with van der Waals surface area (Å²) in [6.07, 6.45) is 4.86. The SMILES string of the molecule is Cc1cccc(N2CCN(CCCNC(=O)CCC(=O)c3ccc4c(c3)CCC4)CC2)c1. The second kappa shape index (κ2) is 10.8. The number of carbonyl (C=O) groups is 2. The fourth-order valence-electron chi connectivity index (χ4n) is 4.79. The maximum atomic E-state index is 12.4. The first kappa shape index (κ1) is 22.5. The van der Waals surface area contributed by atoms with Crippen molar-refractivity contribution in [2.75, 3.05) is 44.2 Å². The topological polar surface area (TPSA) is 52.6 Å². The Bertz CT molecular complexity index is 948. The van der Waals surface area contributed by atoms with Crippen LogP contribution in [0.1, 0.15) is 52.7 Å². The number of aryl methyl sites for hydroxylation is 3. The highest BCUT2D eigenvalue weighted by molar-refractivity contribution is 5.98. The molecule has 2 aliphatic rings. The minimum Gasteiger partial charge on any atom is -0.369 e. The van der Waals surface area contributed by atoms with Gasteiger partial charge in [0.05, 0.1) is 0 Å². The number of hydrogen-bond acceptors (Lipinski definition) is 4. The van der Waals surface area contributed by atoms with Gasteiger partial charge in [-0.15, -0.1) is 0 Å². The number of Topliss-reactive ketones (excluding diaryl/α,β-unsaturated/α-hetero) is 1. The average Bonchev–Trinajstić information content (AvgIpc) is 3.29. The van der Waals surface area contributed by atoms with E-state index in [1.54, 1.807) is 0 Å². The summed E-state index contributed by atoms with van der Waals surface area (Å²) < 4.78 is 0. The Morgan fingerprint density at radius 2 is 1.75 bits per heavy atom. The van der Waals surface area contributed by atoms with Crippen molar-refractivity contribution >= 4 is 17.4 Å². The molecule has 5 nitrogen and oxygen atoms in total. The summed E-state index contributed by atoms with van der Waals surface area (Å²) in [4.78, 5) is 29.5. The third kappa shape index (κ3) is 5.98. The van der Waals surface area contributed by atoms with Gasteiger partial charge in [-0.2, -0.15) is 0 Å². The molecule has 0 spiro atoms. The van der Waals surface area contributed by atoms with Crippen molar-refractivity contribution in [1.29, 1.82) is 0 Å². The minimum atomic E-state index is -0.0243. The zero-order valence-electron chi connectivity index (χ0n) is 19.2. The molecule has 2 aromatic carbocycles. The Balaban J connectivity index is 1.09. The van der Waals surface area contributed by atoms with Crippen molar-refractivity contribution in [3.63, 3.8) is 0 Å². The van der Waals surface area contributed by atoms with Gasteiger partial charge in [-0.05, 0) is 74.0 Å². The molecule has 32 heavy (non-hydrogen) atoms. The molecule has 0 radical (unpaired) electrons. The highest BCUT2D eigenvalue weighted by atomic mass is 16.2. The molecule has 1 amide bonds. The number of nitrogens with zero attached hydrogens (tertiary/aromatic N) is 2. The van der Waals surface area contributed by atoms with Gasteiger partial charge in [0.2, 0.25) is 5.91 Å². The van der Waals surface area contributed by atoms with Crippen LogP contribution in [0.5, 0.6) is 0 Å². The molecule has 4 rings (SSSR count). The van der Waals surface area contributed by atoms with Crippen molar-refractivity contribution in [3.05, 3.63) is 64.7 Å². The van der Waals surface area contributed by atoms with Crippen molar-refractivity contribution < 1.29 is 9.59 Å². The normalized spacial score (nSPS) is 16.1. The Morgan fingerprint density at radius 1 is 0.938 bits per heavy atom. The summed E-state index contributed by atoms with van der Waals surface area (Å²) in [5, 5.41) is 2.98. The molecule has 0 unspecified atom stereocenters. The summed E-state index contributed by atoms with van der Waals surface area (Å²) >= 11 is 0. The van der Waals surface area contributed by atoms with Crippen LogP contribution in [0, 0.1) is 6.92 Å². The van der Waals surface area contributed by atoms with Crippen molar-refractivity contribution in [1.82, 2.24) is 10.2 Å². The van der Waals surface area contributed by atoms with E-state index >= 15 is 0 Å². The van der Waals surface area contributed by atoms with Gasteiger partial charge in [0.25, 0.3) is 0 Å². The Morgan fingerprint density at radius 3 is 2.56 bits per heavy atom. The maximum Gasteiger partial charge on any atom is 0.220 e. The lowest BCUT2D eigenvalue weighted by Gasteiger charge is -2.36. The molecule has 1 N–H and O–H groups in total. The van der Waals surface area contributed by atoms with Crippen LogP contribution in [0.3, 0.4) is 0 Å². The summed E-state index contributed by atoms with van der Waals surface area (Å²) in [6.45, 7) is 7.99. The quantitative estimate of drug-likeness (QED) is 0.483. The van der Waals surface area contributed by atoms with Crippen molar-refractivity contribution in [3.8, 4) is 0 Å². The van der Waals surface area contributed by atoms with Crippen LogP contribution in [0.15, 0.2) is 42.5 Å². The summed E-state index contributed by atoms with van der Waals surface area (Å²) in [5.41, 5.74) is 6.04. The zero-order chi connectivity index (χ0) is 22.3. The minimum absolute atomic E-state index is 0.0243. The van der Waals surface area contributed by atoms with Crippen LogP contribution in [0.25, 0.3) is 0 Å². The Labute approximate surface area is 191 Å². The smallest absolute Gasteiger partial charge is 0.220 e. The molecule has 2 aromatic rings. The third-order valence-corrected chi connectivity index (χ3v) is 6.71. The van der Waals surface area contributed by atoms with Gasteiger partial charge in [-0.3, -0.25) is 14.5 Å². The van der Waals surface area contributed by atoms with E-state index in [0.717, 1.165) is 57.5 Å². The molecule has 5 heteroatoms. The predicted molar refractivity (Wildman–Crippen MR) is 129 cm³/mol. The standard InChI is InChI=1S/C27H35N3O2/c1-21-5-2-8-25(19-21)30-17-15-29(16-18-30)14-4-13-28-27(32)12-11-26(31)24-10-9-22-6-3-7-23(22)20-24/h2,5,8-10,19-20H,3-4,6-7,11-18H2,1H3,(H,28,32). The van der Waals surface area contributed by atoms with E-state index < -0.39 is 0 Å². The van der Waals surface area contributed by atoms with E-state index in [4.69, 9.17) is 0 Å². The summed E-state index contributed by atoms with van der Waals surface area (Å²) in [5.74, 6) is 0.0464. The lowest BCUT2D eigenvalue weighted by Crippen LogP contribution is -2.47. The molecule has 1 fully saturated rings. The van der Waals surface area contributed by atoms with E-state index in [1.165, 1.54) is 28.8 Å². The fourth-order valence-corrected chi connectivity index (χ4v) is 4.79. The molecule has 1 heterocycles. The number of fused-ring (bicyclic) bond motifs is 1. The van der Waals surface area contributed by atoms with E-state index in [-0.39, 0.29) is 24.5 Å². The molecular formula is C27H35N3O2. The number of ketones is 1. The summed E-state index contributed by atoms with van der Waals surface area (Å²) in [6, 6.07) is 14.7. The first-order valence-corrected chi connectivity index (χ1v) is 12.0. The van der Waals surface area contributed by atoms with Crippen LogP contribution in [0.2, 0.25) is 0 Å². The second-order valence-electron chi connectivity index (χ2n) is 9.13. The van der Waals surface area contributed by atoms with Crippen LogP contribution in [0.4, 0.5) is 5.69 Å². The van der Waals surface area contributed by atoms with Crippen LogP contribution < -0.4 is 10.2 Å². The van der Waals surface area contributed by atoms with Gasteiger partial charge in [-0.1, -0.05) is 24.3 Å². The largest absolute Gasteiger partial charge is 0.369 e. The monoisotopic (exact) mass is 433 g/mol. The molecule has 1 aliphatic heterocycles. The molecule has 0 aromatic heterocycles. The van der Waals surface area contributed by atoms with E-state index in [2.05, 4.69) is 52.4 Å². The van der Waals surface area contributed by atoms with Crippen LogP contribution >= 0.6 is 0 Å². The number of amides is 1. The Hall–Kier alpha value is -2.66. The first-order valence-electron chi connectivity index (χ1n) is 12.0. The van der Waals surface area contributed by atoms with E-state index in [9.17, 15) is 9.59 Å². The van der Waals surface area contributed by atoms with Gasteiger partial charge in [0.15, 0.2) is 5.78 Å². The number of hydrogen-bond donors (Lipinski definition) is 1. The van der Waals surface area contributed by atoms with E-state index in [1.807, 2.05) is 12.1 Å². The van der Waals surface area contributed by atoms with Crippen molar-refractivity contribution in [2.45, 2.75) is 45.4 Å². The maximum absolute atomic E-state index is 12.4.